The summed E-state index contributed by atoms with van der Waals surface area (Å²) in [6, 6.07) is 6.09. The number of pyridine rings is 1. The molecule has 1 fully saturated rings. The molecule has 0 aliphatic carbocycles. The van der Waals surface area contributed by atoms with Gasteiger partial charge in [-0.2, -0.15) is 0 Å². The molecule has 2 nitrogen and oxygen atoms in total. The van der Waals surface area contributed by atoms with E-state index in [1.54, 1.807) is 0 Å². The third kappa shape index (κ3) is 2.17. The predicted octanol–water partition coefficient (Wildman–Crippen LogP) is 2.21. The van der Waals surface area contributed by atoms with Crippen LogP contribution in [0.5, 0.6) is 0 Å². The zero-order valence-electron chi connectivity index (χ0n) is 7.55. The number of piperidine rings is 1. The molecule has 2 heterocycles. The lowest BCUT2D eigenvalue weighted by atomic mass is 9.96. The quantitative estimate of drug-likeness (QED) is 0.671. The molecule has 0 aromatic carbocycles. The van der Waals surface area contributed by atoms with Crippen LogP contribution < -0.4 is 5.32 Å². The highest BCUT2D eigenvalue weighted by molar-refractivity contribution is 7.71. The summed E-state index contributed by atoms with van der Waals surface area (Å²) in [5, 5.41) is 3.40. The Labute approximate surface area is 83.4 Å². The first-order chi connectivity index (χ1) is 6.36. The second-order valence-electron chi connectivity index (χ2n) is 3.51. The SMILES string of the molecule is S=c1cccc(C2CCCNC2)[nH]1. The van der Waals surface area contributed by atoms with E-state index in [1.165, 1.54) is 18.5 Å². The van der Waals surface area contributed by atoms with Crippen molar-refractivity contribution >= 4 is 12.2 Å². The third-order valence-electron chi connectivity index (χ3n) is 2.53. The second kappa shape index (κ2) is 4.03. The van der Waals surface area contributed by atoms with Gasteiger partial charge in [-0.25, -0.2) is 0 Å². The van der Waals surface area contributed by atoms with Crippen molar-refractivity contribution in [3.05, 3.63) is 28.5 Å². The number of rotatable bonds is 1. The van der Waals surface area contributed by atoms with Gasteiger partial charge in [0.1, 0.15) is 4.64 Å². The molecular formula is C10H14N2S. The van der Waals surface area contributed by atoms with Gasteiger partial charge < -0.3 is 10.3 Å². The maximum absolute atomic E-state index is 5.09. The highest BCUT2D eigenvalue weighted by atomic mass is 32.1. The minimum absolute atomic E-state index is 0.622. The number of aromatic nitrogens is 1. The fourth-order valence-electron chi connectivity index (χ4n) is 1.82. The molecule has 0 saturated carbocycles. The predicted molar refractivity (Wildman–Crippen MR) is 56.5 cm³/mol. The molecule has 3 heteroatoms. The molecule has 0 spiro atoms. The van der Waals surface area contributed by atoms with Crippen molar-refractivity contribution in [2.75, 3.05) is 13.1 Å². The molecule has 0 radical (unpaired) electrons. The Kier molecular flexibility index (Phi) is 2.76. The summed E-state index contributed by atoms with van der Waals surface area (Å²) in [6.07, 6.45) is 2.53. The van der Waals surface area contributed by atoms with Crippen LogP contribution in [0.15, 0.2) is 18.2 Å². The first kappa shape index (κ1) is 8.91. The first-order valence-electron chi connectivity index (χ1n) is 4.76. The van der Waals surface area contributed by atoms with Crippen LogP contribution in [0.2, 0.25) is 0 Å². The minimum atomic E-state index is 0.622. The summed E-state index contributed by atoms with van der Waals surface area (Å²) in [6.45, 7) is 2.24. The summed E-state index contributed by atoms with van der Waals surface area (Å²) < 4.78 is 0.836. The lowest BCUT2D eigenvalue weighted by Gasteiger charge is -2.22. The molecule has 1 aliphatic heterocycles. The molecule has 70 valence electrons. The fraction of sp³-hybridized carbons (Fsp3) is 0.500. The van der Waals surface area contributed by atoms with Crippen molar-refractivity contribution in [1.29, 1.82) is 0 Å². The van der Waals surface area contributed by atoms with E-state index in [-0.39, 0.29) is 0 Å². The van der Waals surface area contributed by atoms with Crippen LogP contribution in [0.1, 0.15) is 24.5 Å². The zero-order valence-corrected chi connectivity index (χ0v) is 8.36. The van der Waals surface area contributed by atoms with Crippen LogP contribution in [0, 0.1) is 4.64 Å². The van der Waals surface area contributed by atoms with E-state index >= 15 is 0 Å². The Bertz CT molecular complexity index is 326. The van der Waals surface area contributed by atoms with E-state index in [9.17, 15) is 0 Å². The largest absolute Gasteiger partial charge is 0.350 e. The molecular weight excluding hydrogens is 180 g/mol. The van der Waals surface area contributed by atoms with Gasteiger partial charge in [0, 0.05) is 18.2 Å². The van der Waals surface area contributed by atoms with Crippen molar-refractivity contribution in [2.24, 2.45) is 0 Å². The molecule has 2 rings (SSSR count). The van der Waals surface area contributed by atoms with Crippen LogP contribution in [0.3, 0.4) is 0 Å². The normalized spacial score (nSPS) is 22.9. The van der Waals surface area contributed by atoms with Gasteiger partial charge >= 0.3 is 0 Å². The van der Waals surface area contributed by atoms with Crippen molar-refractivity contribution in [3.63, 3.8) is 0 Å². The standard InChI is InChI=1S/C10H14N2S/c13-10-5-1-4-9(12-10)8-3-2-6-11-7-8/h1,4-5,8,11H,2-3,6-7H2,(H,12,13). The number of nitrogens with one attached hydrogen (secondary N) is 2. The van der Waals surface area contributed by atoms with Crippen molar-refractivity contribution in [3.8, 4) is 0 Å². The molecule has 2 N–H and O–H groups in total. The van der Waals surface area contributed by atoms with Gasteiger partial charge in [-0.1, -0.05) is 18.3 Å². The topological polar surface area (TPSA) is 27.8 Å². The summed E-state index contributed by atoms with van der Waals surface area (Å²) >= 11 is 5.09. The summed E-state index contributed by atoms with van der Waals surface area (Å²) in [5.74, 6) is 0.622. The smallest absolute Gasteiger partial charge is 0.103 e. The highest BCUT2D eigenvalue weighted by Crippen LogP contribution is 2.20. The van der Waals surface area contributed by atoms with Gasteiger partial charge in [-0.3, -0.25) is 0 Å². The molecule has 1 aromatic heterocycles. The van der Waals surface area contributed by atoms with Gasteiger partial charge in [-0.15, -0.1) is 0 Å². The molecule has 13 heavy (non-hydrogen) atoms. The highest BCUT2D eigenvalue weighted by Gasteiger charge is 2.14. The van der Waals surface area contributed by atoms with Crippen LogP contribution in [0.25, 0.3) is 0 Å². The number of hydrogen-bond donors (Lipinski definition) is 2. The summed E-state index contributed by atoms with van der Waals surface area (Å²) in [5.41, 5.74) is 1.28. The molecule has 1 saturated heterocycles. The van der Waals surface area contributed by atoms with Crippen LogP contribution in [0.4, 0.5) is 0 Å². The van der Waals surface area contributed by atoms with Crippen molar-refractivity contribution in [1.82, 2.24) is 10.3 Å². The summed E-state index contributed by atoms with van der Waals surface area (Å²) in [4.78, 5) is 3.25. The Morgan fingerprint density at radius 3 is 3.00 bits per heavy atom. The second-order valence-corrected chi connectivity index (χ2v) is 3.95. The van der Waals surface area contributed by atoms with Gasteiger partial charge in [0.2, 0.25) is 0 Å². The van der Waals surface area contributed by atoms with Gasteiger partial charge in [0.15, 0.2) is 0 Å². The van der Waals surface area contributed by atoms with E-state index in [1.807, 2.05) is 12.1 Å². The maximum atomic E-state index is 5.09. The van der Waals surface area contributed by atoms with Crippen LogP contribution >= 0.6 is 12.2 Å². The van der Waals surface area contributed by atoms with Gasteiger partial charge in [0.05, 0.1) is 0 Å². The average Bonchev–Trinajstić information content (AvgIpc) is 2.19. The molecule has 1 aromatic rings. The molecule has 1 aliphatic rings. The third-order valence-corrected chi connectivity index (χ3v) is 2.77. The Morgan fingerprint density at radius 1 is 1.38 bits per heavy atom. The minimum Gasteiger partial charge on any atom is -0.350 e. The Balaban J connectivity index is 2.19. The number of H-pyrrole nitrogens is 1. The van der Waals surface area contributed by atoms with E-state index in [4.69, 9.17) is 12.2 Å². The molecule has 1 atom stereocenters. The number of hydrogen-bond acceptors (Lipinski definition) is 2. The fourth-order valence-corrected chi connectivity index (χ4v) is 2.02. The van der Waals surface area contributed by atoms with Gasteiger partial charge in [0.25, 0.3) is 0 Å². The van der Waals surface area contributed by atoms with Crippen LogP contribution in [-0.4, -0.2) is 18.1 Å². The molecule has 1 unspecified atom stereocenters. The van der Waals surface area contributed by atoms with E-state index in [0.717, 1.165) is 17.7 Å². The number of aromatic amines is 1. The molecule has 0 amide bonds. The Hall–Kier alpha value is -0.670. The maximum Gasteiger partial charge on any atom is 0.103 e. The lowest BCUT2D eigenvalue weighted by molar-refractivity contribution is 0.454. The van der Waals surface area contributed by atoms with Gasteiger partial charge in [-0.05, 0) is 31.5 Å². The monoisotopic (exact) mass is 194 g/mol. The Morgan fingerprint density at radius 2 is 2.31 bits per heavy atom. The zero-order chi connectivity index (χ0) is 9.10. The van der Waals surface area contributed by atoms with E-state index in [0.29, 0.717) is 5.92 Å². The average molecular weight is 194 g/mol. The molecule has 0 bridgehead atoms. The van der Waals surface area contributed by atoms with E-state index in [2.05, 4.69) is 16.4 Å². The lowest BCUT2D eigenvalue weighted by Crippen LogP contribution is -2.28. The van der Waals surface area contributed by atoms with Crippen molar-refractivity contribution < 1.29 is 0 Å². The summed E-state index contributed by atoms with van der Waals surface area (Å²) in [7, 11) is 0. The van der Waals surface area contributed by atoms with Crippen LogP contribution in [-0.2, 0) is 0 Å². The first-order valence-corrected chi connectivity index (χ1v) is 5.17. The van der Waals surface area contributed by atoms with Crippen molar-refractivity contribution in [2.45, 2.75) is 18.8 Å². The van der Waals surface area contributed by atoms with E-state index < -0.39 is 0 Å².